The molecule has 0 spiro atoms. The summed E-state index contributed by atoms with van der Waals surface area (Å²) >= 11 is 0. The summed E-state index contributed by atoms with van der Waals surface area (Å²) in [5.74, 6) is 0. The van der Waals surface area contributed by atoms with Crippen LogP contribution in [0.15, 0.2) is 0 Å². The lowest BCUT2D eigenvalue weighted by Gasteiger charge is -1.83. The van der Waals surface area contributed by atoms with E-state index in [1.165, 1.54) is 5.71 Å². The van der Waals surface area contributed by atoms with Gasteiger partial charge in [0.2, 0.25) is 0 Å². The first-order valence-electron chi connectivity index (χ1n) is 2.12. The second kappa shape index (κ2) is 4.31. The highest BCUT2D eigenvalue weighted by Crippen LogP contribution is 1.63. The Bertz CT molecular complexity index is 58.1. The number of hydrogen-bond acceptors (Lipinski definition) is 0. The molecule has 1 nitrogen and oxygen atoms in total. The second-order valence-corrected chi connectivity index (χ2v) is 1.84. The molecule has 0 aromatic carbocycles. The molecule has 0 rings (SSSR count). The van der Waals surface area contributed by atoms with Gasteiger partial charge in [-0.3, -0.25) is 0 Å². The first-order chi connectivity index (χ1) is 2.64. The Morgan fingerprint density at radius 3 is 1.29 bits per heavy atom. The van der Waals surface area contributed by atoms with Crippen LogP contribution in [0, 0.1) is 0 Å². The third kappa shape index (κ3) is 6.15. The molecule has 0 atom stereocenters. The largest absolute Gasteiger partial charge is 1.00 e. The molecule has 0 unspecified atom stereocenters. The summed E-state index contributed by atoms with van der Waals surface area (Å²) in [5.41, 5.74) is 1.34. The Balaban J connectivity index is 0. The van der Waals surface area contributed by atoms with Crippen molar-refractivity contribution >= 4 is 5.71 Å². The van der Waals surface area contributed by atoms with Crippen LogP contribution in [0.2, 0.25) is 0 Å². The molecule has 0 N–H and O–H groups in total. The fourth-order valence-corrected chi connectivity index (χ4v) is 0. The van der Waals surface area contributed by atoms with E-state index in [1.54, 1.807) is 0 Å². The predicted octanol–water partition coefficient (Wildman–Crippen LogP) is -2.26. The molecule has 0 amide bonds. The van der Waals surface area contributed by atoms with E-state index < -0.39 is 0 Å². The van der Waals surface area contributed by atoms with Crippen LogP contribution >= 0.6 is 0 Å². The minimum Gasteiger partial charge on any atom is -1.00 e. The molecule has 0 radical (unpaired) electrons. The molecule has 0 aromatic heterocycles. The average Bonchev–Trinajstić information content (AvgIpc) is 1.36. The third-order valence-corrected chi connectivity index (χ3v) is 0.894. The van der Waals surface area contributed by atoms with Crippen molar-refractivity contribution in [2.45, 2.75) is 13.8 Å². The molecule has 7 heavy (non-hydrogen) atoms. The third-order valence-electron chi connectivity index (χ3n) is 0.894. The van der Waals surface area contributed by atoms with Gasteiger partial charge < -0.3 is 17.0 Å². The first kappa shape index (κ1) is 10.2. The van der Waals surface area contributed by atoms with E-state index in [0.29, 0.717) is 0 Å². The van der Waals surface area contributed by atoms with Crippen molar-refractivity contribution in [2.24, 2.45) is 0 Å². The zero-order valence-corrected chi connectivity index (χ0v) is 6.91. The Labute approximate surface area is 55.8 Å². The van der Waals surface area contributed by atoms with E-state index in [2.05, 4.69) is 18.4 Å². The van der Waals surface area contributed by atoms with E-state index in [4.69, 9.17) is 0 Å². The lowest BCUT2D eigenvalue weighted by molar-refractivity contribution is -0.465. The van der Waals surface area contributed by atoms with Gasteiger partial charge in [-0.25, -0.2) is 4.58 Å². The number of nitrogens with zero attached hydrogens (tertiary/aromatic N) is 1. The summed E-state index contributed by atoms with van der Waals surface area (Å²) in [6.07, 6.45) is 0. The van der Waals surface area contributed by atoms with Crippen molar-refractivity contribution in [1.29, 1.82) is 0 Å². The molecule has 0 heterocycles. The van der Waals surface area contributed by atoms with Crippen LogP contribution < -0.4 is 17.0 Å². The van der Waals surface area contributed by atoms with Crippen LogP contribution in [-0.4, -0.2) is 24.4 Å². The highest BCUT2D eigenvalue weighted by atomic mass is 79.9. The lowest BCUT2D eigenvalue weighted by atomic mass is 10.5. The van der Waals surface area contributed by atoms with E-state index in [-0.39, 0.29) is 17.0 Å². The maximum atomic E-state index is 2.08. The number of hydrogen-bond donors (Lipinski definition) is 0. The summed E-state index contributed by atoms with van der Waals surface area (Å²) in [4.78, 5) is 0. The molecule has 0 saturated heterocycles. The SMILES string of the molecule is CC(C)=[N+](C)C.[Br-]. The van der Waals surface area contributed by atoms with E-state index in [9.17, 15) is 0 Å². The van der Waals surface area contributed by atoms with Crippen LogP contribution in [0.4, 0.5) is 0 Å². The van der Waals surface area contributed by atoms with Crippen molar-refractivity contribution in [1.82, 2.24) is 0 Å². The van der Waals surface area contributed by atoms with Gasteiger partial charge in [0.15, 0.2) is 0 Å². The van der Waals surface area contributed by atoms with Crippen molar-refractivity contribution < 1.29 is 21.6 Å². The summed E-state index contributed by atoms with van der Waals surface area (Å²) in [5, 5.41) is 0. The van der Waals surface area contributed by atoms with Gasteiger partial charge >= 0.3 is 0 Å². The van der Waals surface area contributed by atoms with Crippen LogP contribution in [0.5, 0.6) is 0 Å². The number of halogens is 1. The normalized spacial score (nSPS) is 6.86. The van der Waals surface area contributed by atoms with Crippen LogP contribution in [-0.2, 0) is 0 Å². The standard InChI is InChI=1S/C5H12N.BrH/c1-5(2)6(3)4;/h1-4H3;1H/q+1;/p-1. The second-order valence-electron chi connectivity index (χ2n) is 1.84. The molecule has 0 aromatic rings. The fourth-order valence-electron chi connectivity index (χ4n) is 0. The predicted molar refractivity (Wildman–Crippen MR) is 28.5 cm³/mol. The van der Waals surface area contributed by atoms with Crippen molar-refractivity contribution in [3.63, 3.8) is 0 Å². The van der Waals surface area contributed by atoms with Crippen LogP contribution in [0.3, 0.4) is 0 Å². The number of rotatable bonds is 0. The molecule has 0 aliphatic carbocycles. The maximum absolute atomic E-state index is 2.08. The smallest absolute Gasteiger partial charge is 0.145 e. The average molecular weight is 166 g/mol. The van der Waals surface area contributed by atoms with Crippen LogP contribution in [0.25, 0.3) is 0 Å². The van der Waals surface area contributed by atoms with Gasteiger partial charge in [0.05, 0.1) is 0 Å². The highest BCUT2D eigenvalue weighted by Gasteiger charge is 1.82. The molecule has 0 fully saturated rings. The summed E-state index contributed by atoms with van der Waals surface area (Å²) < 4.78 is 2.08. The summed E-state index contributed by atoms with van der Waals surface area (Å²) in [6.45, 7) is 4.17. The van der Waals surface area contributed by atoms with Gasteiger partial charge in [-0.2, -0.15) is 0 Å². The van der Waals surface area contributed by atoms with Crippen molar-refractivity contribution in [2.75, 3.05) is 14.1 Å². The van der Waals surface area contributed by atoms with Crippen molar-refractivity contribution in [3.05, 3.63) is 0 Å². The van der Waals surface area contributed by atoms with Gasteiger partial charge in [-0.05, 0) is 0 Å². The van der Waals surface area contributed by atoms with Gasteiger partial charge in [0.25, 0.3) is 0 Å². The molecular weight excluding hydrogens is 154 g/mol. The fraction of sp³-hybridized carbons (Fsp3) is 0.800. The van der Waals surface area contributed by atoms with E-state index >= 15 is 0 Å². The molecule has 0 aliphatic heterocycles. The van der Waals surface area contributed by atoms with E-state index in [1.807, 2.05) is 14.1 Å². The molecule has 0 bridgehead atoms. The Morgan fingerprint density at radius 2 is 1.29 bits per heavy atom. The van der Waals surface area contributed by atoms with Gasteiger partial charge in [0.1, 0.15) is 19.8 Å². The quantitative estimate of drug-likeness (QED) is 0.282. The first-order valence-corrected chi connectivity index (χ1v) is 2.12. The van der Waals surface area contributed by atoms with Gasteiger partial charge in [-0.15, -0.1) is 0 Å². The molecular formula is C5H12BrN. The van der Waals surface area contributed by atoms with Crippen LogP contribution in [0.1, 0.15) is 13.8 Å². The zero-order valence-electron chi connectivity index (χ0n) is 5.33. The Kier molecular flexibility index (Phi) is 6.28. The minimum atomic E-state index is 0. The summed E-state index contributed by atoms with van der Waals surface area (Å²) in [6, 6.07) is 0. The van der Waals surface area contributed by atoms with E-state index in [0.717, 1.165) is 0 Å². The molecule has 2 heteroatoms. The molecule has 44 valence electrons. The Hall–Kier alpha value is 0.150. The Morgan fingerprint density at radius 1 is 1.14 bits per heavy atom. The lowest BCUT2D eigenvalue weighted by Crippen LogP contribution is -3.00. The molecule has 0 aliphatic rings. The minimum absolute atomic E-state index is 0. The topological polar surface area (TPSA) is 3.01 Å². The highest BCUT2D eigenvalue weighted by molar-refractivity contribution is 5.73. The monoisotopic (exact) mass is 165 g/mol. The summed E-state index contributed by atoms with van der Waals surface area (Å²) in [7, 11) is 4.07. The van der Waals surface area contributed by atoms with Gasteiger partial charge in [-0.1, -0.05) is 0 Å². The molecule has 0 saturated carbocycles. The zero-order chi connectivity index (χ0) is 5.15. The van der Waals surface area contributed by atoms with Crippen molar-refractivity contribution in [3.8, 4) is 0 Å². The maximum Gasteiger partial charge on any atom is 0.145 e. The van der Waals surface area contributed by atoms with Gasteiger partial charge in [0, 0.05) is 13.8 Å².